The van der Waals surface area contributed by atoms with Gasteiger partial charge in [-0.1, -0.05) is 37.4 Å². The molecule has 1 fully saturated rings. The van der Waals surface area contributed by atoms with E-state index in [1.165, 1.54) is 24.5 Å². The fraction of sp³-hybridized carbons (Fsp3) is 0.333. The number of ether oxygens (including phenoxy) is 1. The highest BCUT2D eigenvalue weighted by atomic mass is 35.5. The molecule has 1 aliphatic heterocycles. The molecule has 2 heterocycles. The van der Waals surface area contributed by atoms with Crippen LogP contribution < -0.4 is 4.74 Å². The maximum atomic E-state index is 12.8. The number of hydrogen-bond donors (Lipinski definition) is 1. The average molecular weight is 420 g/mol. The van der Waals surface area contributed by atoms with Gasteiger partial charge in [0.2, 0.25) is 0 Å². The van der Waals surface area contributed by atoms with Crippen LogP contribution in [0.4, 0.5) is 0 Å². The lowest BCUT2D eigenvalue weighted by Gasteiger charge is -2.24. The third-order valence-corrected chi connectivity index (χ3v) is 6.00. The number of methoxy groups -OCH3 is 1. The van der Waals surface area contributed by atoms with E-state index in [1.54, 1.807) is 17.0 Å². The fourth-order valence-electron chi connectivity index (χ4n) is 3.35. The van der Waals surface area contributed by atoms with Gasteiger partial charge in [0.1, 0.15) is 11.5 Å². The molecule has 1 unspecified atom stereocenters. The molecule has 1 N–H and O–H groups in total. The van der Waals surface area contributed by atoms with Gasteiger partial charge >= 0.3 is 0 Å². The minimum atomic E-state index is -0.667. The number of thiophene rings is 1. The number of ketones is 1. The summed E-state index contributed by atoms with van der Waals surface area (Å²) in [6.07, 6.45) is 2.78. The molecule has 1 aliphatic rings. The molecule has 28 heavy (non-hydrogen) atoms. The summed E-state index contributed by atoms with van der Waals surface area (Å²) in [6.45, 7) is 2.55. The van der Waals surface area contributed by atoms with Crippen molar-refractivity contribution in [2.75, 3.05) is 13.7 Å². The number of rotatable bonds is 7. The standard InChI is InChI=1S/C21H22ClNO4S/c1-3-4-5-10-23-18(16-7-6-11-28-16)17(20(25)21(23)26)19(24)13-8-9-15(27-2)14(22)12-13/h6-9,11-12,18,24H,3-5,10H2,1-2H3/b19-17-. The van der Waals surface area contributed by atoms with Gasteiger partial charge in [-0.15, -0.1) is 11.3 Å². The Balaban J connectivity index is 2.08. The second kappa shape index (κ2) is 8.80. The van der Waals surface area contributed by atoms with E-state index >= 15 is 0 Å². The zero-order valence-corrected chi connectivity index (χ0v) is 17.3. The van der Waals surface area contributed by atoms with Crippen molar-refractivity contribution in [2.24, 2.45) is 0 Å². The number of hydrogen-bond acceptors (Lipinski definition) is 5. The summed E-state index contributed by atoms with van der Waals surface area (Å²) in [5, 5.41) is 13.2. The van der Waals surface area contributed by atoms with E-state index in [4.69, 9.17) is 16.3 Å². The Bertz CT molecular complexity index is 907. The first-order chi connectivity index (χ1) is 13.5. The van der Waals surface area contributed by atoms with E-state index in [0.29, 0.717) is 22.9 Å². The van der Waals surface area contributed by atoms with Crippen LogP contribution in [0.2, 0.25) is 5.02 Å². The molecule has 5 nitrogen and oxygen atoms in total. The van der Waals surface area contributed by atoms with Crippen molar-refractivity contribution in [3.8, 4) is 5.75 Å². The number of carbonyl (C=O) groups excluding carboxylic acids is 2. The maximum Gasteiger partial charge on any atom is 0.295 e. The summed E-state index contributed by atoms with van der Waals surface area (Å²) in [5.41, 5.74) is 0.476. The molecule has 1 saturated heterocycles. The largest absolute Gasteiger partial charge is 0.507 e. The first-order valence-electron chi connectivity index (χ1n) is 9.15. The second-order valence-electron chi connectivity index (χ2n) is 6.56. The number of aliphatic hydroxyl groups excluding tert-OH is 1. The Morgan fingerprint density at radius 3 is 2.68 bits per heavy atom. The van der Waals surface area contributed by atoms with Crippen molar-refractivity contribution in [3.05, 3.63) is 56.7 Å². The Hall–Kier alpha value is -2.31. The molecule has 3 rings (SSSR count). The molecule has 1 aromatic carbocycles. The zero-order chi connectivity index (χ0) is 20.3. The predicted molar refractivity (Wildman–Crippen MR) is 111 cm³/mol. The van der Waals surface area contributed by atoms with Crippen LogP contribution in [0.5, 0.6) is 5.75 Å². The Kier molecular flexibility index (Phi) is 6.42. The molecule has 1 atom stereocenters. The van der Waals surface area contributed by atoms with Crippen LogP contribution in [0.3, 0.4) is 0 Å². The molecular weight excluding hydrogens is 398 g/mol. The Labute approximate surface area is 173 Å². The highest BCUT2D eigenvalue weighted by Gasteiger charge is 2.46. The molecule has 1 aromatic heterocycles. The predicted octanol–water partition coefficient (Wildman–Crippen LogP) is 5.02. The van der Waals surface area contributed by atoms with Gasteiger partial charge < -0.3 is 14.7 Å². The number of aliphatic hydroxyl groups is 1. The topological polar surface area (TPSA) is 66.8 Å². The summed E-state index contributed by atoms with van der Waals surface area (Å²) in [7, 11) is 1.50. The van der Waals surface area contributed by atoms with E-state index in [1.807, 2.05) is 17.5 Å². The molecule has 0 radical (unpaired) electrons. The minimum absolute atomic E-state index is 0.102. The van der Waals surface area contributed by atoms with Crippen LogP contribution >= 0.6 is 22.9 Å². The molecule has 0 spiro atoms. The normalized spacial score (nSPS) is 18.7. The van der Waals surface area contributed by atoms with E-state index in [2.05, 4.69) is 6.92 Å². The number of nitrogens with zero attached hydrogens (tertiary/aromatic N) is 1. The summed E-state index contributed by atoms with van der Waals surface area (Å²) in [6, 6.07) is 7.94. The monoisotopic (exact) mass is 419 g/mol. The number of benzene rings is 1. The summed E-state index contributed by atoms with van der Waals surface area (Å²) in [5.74, 6) is -0.998. The first-order valence-corrected chi connectivity index (χ1v) is 10.4. The lowest BCUT2D eigenvalue weighted by atomic mass is 9.99. The van der Waals surface area contributed by atoms with Crippen molar-refractivity contribution in [2.45, 2.75) is 32.2 Å². The van der Waals surface area contributed by atoms with Crippen molar-refractivity contribution in [1.82, 2.24) is 4.90 Å². The molecule has 2 aromatic rings. The number of unbranched alkanes of at least 4 members (excludes halogenated alkanes) is 2. The van der Waals surface area contributed by atoms with Gasteiger partial charge in [-0.25, -0.2) is 0 Å². The van der Waals surface area contributed by atoms with Crippen LogP contribution in [-0.4, -0.2) is 35.4 Å². The number of Topliss-reactive ketones (excluding diaryl/α,β-unsaturated/α-hetero) is 1. The number of likely N-dealkylation sites (tertiary alicyclic amines) is 1. The molecule has 148 valence electrons. The quantitative estimate of drug-likeness (QED) is 0.296. The third-order valence-electron chi connectivity index (χ3n) is 4.78. The molecule has 1 amide bonds. The van der Waals surface area contributed by atoms with Crippen LogP contribution in [0, 0.1) is 0 Å². The van der Waals surface area contributed by atoms with E-state index in [-0.39, 0.29) is 11.3 Å². The Morgan fingerprint density at radius 1 is 1.29 bits per heavy atom. The zero-order valence-electron chi connectivity index (χ0n) is 15.8. The van der Waals surface area contributed by atoms with Crippen molar-refractivity contribution < 1.29 is 19.4 Å². The summed E-state index contributed by atoms with van der Waals surface area (Å²) in [4.78, 5) is 27.9. The van der Waals surface area contributed by atoms with Gasteiger partial charge in [0.15, 0.2) is 0 Å². The highest BCUT2D eigenvalue weighted by Crippen LogP contribution is 2.41. The number of carbonyl (C=O) groups is 2. The van der Waals surface area contributed by atoms with Crippen molar-refractivity contribution in [1.29, 1.82) is 0 Å². The van der Waals surface area contributed by atoms with Gasteiger partial charge in [0, 0.05) is 17.0 Å². The van der Waals surface area contributed by atoms with Gasteiger partial charge in [0.05, 0.1) is 23.7 Å². The molecule has 7 heteroatoms. The number of amides is 1. The fourth-order valence-corrected chi connectivity index (χ4v) is 4.46. The third kappa shape index (κ3) is 3.80. The molecule has 0 saturated carbocycles. The average Bonchev–Trinajstić information content (AvgIpc) is 3.30. The van der Waals surface area contributed by atoms with Crippen LogP contribution in [0.15, 0.2) is 41.3 Å². The van der Waals surface area contributed by atoms with Crippen molar-refractivity contribution >= 4 is 40.4 Å². The van der Waals surface area contributed by atoms with E-state index in [0.717, 1.165) is 24.1 Å². The van der Waals surface area contributed by atoms with E-state index in [9.17, 15) is 14.7 Å². The van der Waals surface area contributed by atoms with Crippen LogP contribution in [-0.2, 0) is 9.59 Å². The molecule has 0 aliphatic carbocycles. The SMILES string of the molecule is CCCCCN1C(=O)C(=O)/C(=C(\O)c2ccc(OC)c(Cl)c2)C1c1cccs1. The summed E-state index contributed by atoms with van der Waals surface area (Å²) >= 11 is 7.63. The second-order valence-corrected chi connectivity index (χ2v) is 7.95. The van der Waals surface area contributed by atoms with Crippen LogP contribution in [0.1, 0.15) is 42.7 Å². The lowest BCUT2D eigenvalue weighted by Crippen LogP contribution is -2.30. The summed E-state index contributed by atoms with van der Waals surface area (Å²) < 4.78 is 5.14. The lowest BCUT2D eigenvalue weighted by molar-refractivity contribution is -0.139. The minimum Gasteiger partial charge on any atom is -0.507 e. The number of halogens is 1. The van der Waals surface area contributed by atoms with Crippen molar-refractivity contribution in [3.63, 3.8) is 0 Å². The smallest absolute Gasteiger partial charge is 0.295 e. The van der Waals surface area contributed by atoms with Crippen LogP contribution in [0.25, 0.3) is 5.76 Å². The Morgan fingerprint density at radius 2 is 2.07 bits per heavy atom. The van der Waals surface area contributed by atoms with Gasteiger partial charge in [-0.2, -0.15) is 0 Å². The van der Waals surface area contributed by atoms with Gasteiger partial charge in [-0.05, 0) is 36.1 Å². The molecule has 0 bridgehead atoms. The van der Waals surface area contributed by atoms with E-state index < -0.39 is 17.7 Å². The van der Waals surface area contributed by atoms with Gasteiger partial charge in [-0.3, -0.25) is 9.59 Å². The van der Waals surface area contributed by atoms with Gasteiger partial charge in [0.25, 0.3) is 11.7 Å². The first kappa shape index (κ1) is 20.4. The maximum absolute atomic E-state index is 12.8. The highest BCUT2D eigenvalue weighted by molar-refractivity contribution is 7.10. The molecular formula is C21H22ClNO4S.